The van der Waals surface area contributed by atoms with E-state index in [4.69, 9.17) is 14.4 Å². The Morgan fingerprint density at radius 3 is 1.91 bits per heavy atom. The second kappa shape index (κ2) is 15.0. The molecule has 0 spiro atoms. The number of hydrogen-bond acceptors (Lipinski definition) is 4. The maximum absolute atomic E-state index is 11.0. The van der Waals surface area contributed by atoms with E-state index in [2.05, 4.69) is 125 Å². The first kappa shape index (κ1) is 38.8. The number of aromatic hydroxyl groups is 1. The molecule has 0 atom stereocenters. The van der Waals surface area contributed by atoms with Crippen molar-refractivity contribution in [2.45, 2.75) is 52.4 Å². The van der Waals surface area contributed by atoms with Crippen LogP contribution in [0.25, 0.3) is 83.7 Å². The standard InChI is InChI=1S/C52H44N3O2.Pt/c1-51(2,3)38-27-36(28-39(32-38)52(4,5)6)37-30-46(54-47(31-37)44-18-10-11-21-48(44)56)35-15-12-14-34(26-35)45-29-33(22-24-53-45)41-19-13-20-42-43-23-25-57-50(43)55(49(41)42)40-16-8-7-9-17-40;/h7-25,27-32,56H,1-6H3;/q-1;. The van der Waals surface area contributed by atoms with Crippen molar-refractivity contribution in [2.75, 3.05) is 0 Å². The molecule has 0 aliphatic heterocycles. The van der Waals surface area contributed by atoms with Crippen LogP contribution in [0, 0.1) is 6.07 Å². The zero-order valence-electron chi connectivity index (χ0n) is 33.4. The van der Waals surface area contributed by atoms with Gasteiger partial charge in [-0.25, -0.2) is 0 Å². The van der Waals surface area contributed by atoms with Crippen molar-refractivity contribution >= 4 is 22.0 Å². The molecular weight excluding hydrogens is 894 g/mol. The molecule has 0 bridgehead atoms. The van der Waals surface area contributed by atoms with Gasteiger partial charge in [-0.3, -0.25) is 14.5 Å². The topological polar surface area (TPSA) is 64.1 Å². The summed E-state index contributed by atoms with van der Waals surface area (Å²) in [6.07, 6.45) is 3.62. The number of phenols is 1. The van der Waals surface area contributed by atoms with Gasteiger partial charge >= 0.3 is 0 Å². The third-order valence-corrected chi connectivity index (χ3v) is 10.8. The maximum Gasteiger partial charge on any atom is 0.212 e. The van der Waals surface area contributed by atoms with Crippen LogP contribution in [0.5, 0.6) is 5.75 Å². The molecule has 0 amide bonds. The largest absolute Gasteiger partial charge is 0.507 e. The first-order valence-electron chi connectivity index (χ1n) is 19.4. The second-order valence-corrected chi connectivity index (χ2v) is 16.9. The summed E-state index contributed by atoms with van der Waals surface area (Å²) in [6.45, 7) is 13.5. The van der Waals surface area contributed by atoms with Crippen molar-refractivity contribution in [1.82, 2.24) is 14.5 Å². The molecule has 5 nitrogen and oxygen atoms in total. The van der Waals surface area contributed by atoms with Crippen molar-refractivity contribution in [1.29, 1.82) is 0 Å². The number of para-hydroxylation sites is 3. The van der Waals surface area contributed by atoms with E-state index in [9.17, 15) is 5.11 Å². The molecule has 0 aliphatic carbocycles. The third-order valence-electron chi connectivity index (χ3n) is 10.8. The van der Waals surface area contributed by atoms with Gasteiger partial charge < -0.3 is 9.52 Å². The Kier molecular flexibility index (Phi) is 10.1. The molecular formula is C52H44N3O2Pt-. The van der Waals surface area contributed by atoms with Crippen molar-refractivity contribution in [2.24, 2.45) is 0 Å². The summed E-state index contributed by atoms with van der Waals surface area (Å²) in [7, 11) is 0. The van der Waals surface area contributed by atoms with Gasteiger partial charge in [0.1, 0.15) is 5.75 Å². The van der Waals surface area contributed by atoms with Crippen LogP contribution in [0.1, 0.15) is 52.7 Å². The molecule has 290 valence electrons. The molecule has 9 rings (SSSR count). The average molecular weight is 938 g/mol. The molecule has 0 aliphatic rings. The second-order valence-electron chi connectivity index (χ2n) is 16.9. The number of furan rings is 1. The van der Waals surface area contributed by atoms with Crippen LogP contribution in [-0.2, 0) is 31.9 Å². The number of fused-ring (bicyclic) bond motifs is 3. The summed E-state index contributed by atoms with van der Waals surface area (Å²) in [5.74, 6) is 0.187. The zero-order valence-corrected chi connectivity index (χ0v) is 35.7. The van der Waals surface area contributed by atoms with Crippen molar-refractivity contribution < 1.29 is 30.6 Å². The summed E-state index contributed by atoms with van der Waals surface area (Å²) in [5, 5.41) is 13.2. The molecule has 9 aromatic rings. The molecule has 0 saturated heterocycles. The van der Waals surface area contributed by atoms with Gasteiger partial charge in [-0.2, -0.15) is 0 Å². The number of hydrogen-bond donors (Lipinski definition) is 1. The van der Waals surface area contributed by atoms with Gasteiger partial charge in [-0.15, -0.1) is 24.3 Å². The number of pyridine rings is 2. The molecule has 5 aromatic carbocycles. The van der Waals surface area contributed by atoms with Gasteiger partial charge in [0.05, 0.1) is 17.5 Å². The maximum atomic E-state index is 11.0. The van der Waals surface area contributed by atoms with Gasteiger partial charge in [-0.1, -0.05) is 132 Å². The minimum Gasteiger partial charge on any atom is -0.507 e. The van der Waals surface area contributed by atoms with Crippen LogP contribution < -0.4 is 0 Å². The molecule has 0 fully saturated rings. The van der Waals surface area contributed by atoms with Crippen LogP contribution in [-0.4, -0.2) is 19.6 Å². The van der Waals surface area contributed by atoms with Crippen LogP contribution in [0.2, 0.25) is 0 Å². The van der Waals surface area contributed by atoms with Crippen molar-refractivity contribution in [3.8, 4) is 67.5 Å². The molecule has 0 radical (unpaired) electrons. The Morgan fingerprint density at radius 2 is 1.19 bits per heavy atom. The Labute approximate surface area is 354 Å². The quantitative estimate of drug-likeness (QED) is 0.169. The number of rotatable bonds is 6. The molecule has 0 unspecified atom stereocenters. The van der Waals surface area contributed by atoms with Crippen LogP contribution >= 0.6 is 0 Å². The van der Waals surface area contributed by atoms with E-state index in [1.54, 1.807) is 12.3 Å². The summed E-state index contributed by atoms with van der Waals surface area (Å²) < 4.78 is 8.28. The van der Waals surface area contributed by atoms with E-state index in [0.717, 1.165) is 72.5 Å². The number of phenolic OH excluding ortho intramolecular Hbond substituents is 1. The van der Waals surface area contributed by atoms with Crippen LogP contribution in [0.3, 0.4) is 0 Å². The van der Waals surface area contributed by atoms with Crippen LogP contribution in [0.15, 0.2) is 156 Å². The minimum atomic E-state index is -0.0445. The zero-order chi connectivity index (χ0) is 39.5. The SMILES string of the molecule is CC(C)(C)c1cc(-c2cc(-c3[c-]c(-c4cc(-c5cccc6c7ccoc7n(-c7ccccc7)c56)ccn4)ccc3)nc(-c3ccccc3O)c2)cc(C(C)(C)C)c1.[Pt]. The molecule has 6 heteroatoms. The Morgan fingerprint density at radius 1 is 0.569 bits per heavy atom. The van der Waals surface area contributed by atoms with Gasteiger partial charge in [0.2, 0.25) is 5.71 Å². The van der Waals surface area contributed by atoms with Gasteiger partial charge in [-0.05, 0) is 81.1 Å². The van der Waals surface area contributed by atoms with Gasteiger partial charge in [0.25, 0.3) is 0 Å². The van der Waals surface area contributed by atoms with E-state index < -0.39 is 0 Å². The molecule has 4 heterocycles. The van der Waals surface area contributed by atoms with Crippen molar-refractivity contribution in [3.63, 3.8) is 0 Å². The number of aromatic nitrogens is 3. The minimum absolute atomic E-state index is 0. The van der Waals surface area contributed by atoms with E-state index in [-0.39, 0.29) is 37.6 Å². The third kappa shape index (κ3) is 7.20. The Balaban J connectivity index is 0.00000469. The predicted molar refractivity (Wildman–Crippen MR) is 234 cm³/mol. The molecule has 58 heavy (non-hydrogen) atoms. The summed E-state index contributed by atoms with van der Waals surface area (Å²) in [6, 6.07) is 51.4. The molecule has 1 N–H and O–H groups in total. The predicted octanol–water partition coefficient (Wildman–Crippen LogP) is 13.6. The normalized spacial score (nSPS) is 11.9. The average Bonchev–Trinajstić information content (AvgIpc) is 3.82. The number of benzene rings is 5. The first-order valence-corrected chi connectivity index (χ1v) is 19.4. The van der Waals surface area contributed by atoms with Crippen LogP contribution in [0.4, 0.5) is 0 Å². The fraction of sp³-hybridized carbons (Fsp3) is 0.154. The summed E-state index contributed by atoms with van der Waals surface area (Å²) in [5.41, 5.74) is 14.3. The van der Waals surface area contributed by atoms with E-state index in [0.29, 0.717) is 11.3 Å². The smallest absolute Gasteiger partial charge is 0.212 e. The van der Waals surface area contributed by atoms with E-state index >= 15 is 0 Å². The fourth-order valence-electron chi connectivity index (χ4n) is 7.68. The van der Waals surface area contributed by atoms with Gasteiger partial charge in [0, 0.05) is 66.2 Å². The Bertz CT molecular complexity index is 2910. The molecule has 0 saturated carbocycles. The van der Waals surface area contributed by atoms with E-state index in [1.807, 2.05) is 66.9 Å². The summed E-state index contributed by atoms with van der Waals surface area (Å²) in [4.78, 5) is 10.0. The molecule has 4 aromatic heterocycles. The van der Waals surface area contributed by atoms with Crippen molar-refractivity contribution in [3.05, 3.63) is 169 Å². The fourth-order valence-corrected chi connectivity index (χ4v) is 7.68. The van der Waals surface area contributed by atoms with Gasteiger partial charge in [0.15, 0.2) is 0 Å². The summed E-state index contributed by atoms with van der Waals surface area (Å²) >= 11 is 0. The Hall–Kier alpha value is -6.03. The van der Waals surface area contributed by atoms with E-state index in [1.165, 1.54) is 11.1 Å². The monoisotopic (exact) mass is 937 g/mol. The number of nitrogens with zero attached hydrogens (tertiary/aromatic N) is 3. The first-order chi connectivity index (χ1) is 27.4.